The van der Waals surface area contributed by atoms with Crippen molar-refractivity contribution in [3.8, 4) is 11.1 Å². The maximum Gasteiger partial charge on any atom is 0.338 e. The number of nitrogens with two attached hydrogens (primary N) is 1. The predicted molar refractivity (Wildman–Crippen MR) is 124 cm³/mol. The molecule has 0 atom stereocenters. The van der Waals surface area contributed by atoms with E-state index < -0.39 is 11.7 Å². The fraction of sp³-hybridized carbons (Fsp3) is 0.269. The van der Waals surface area contributed by atoms with Gasteiger partial charge in [0.25, 0.3) is 5.91 Å². The smallest absolute Gasteiger partial charge is 0.338 e. The zero-order chi connectivity index (χ0) is 23.2. The van der Waals surface area contributed by atoms with Gasteiger partial charge in [0.15, 0.2) is 5.82 Å². The van der Waals surface area contributed by atoms with Gasteiger partial charge in [-0.3, -0.25) is 9.78 Å². The molecule has 1 aliphatic rings. The average molecular weight is 448 g/mol. The number of esters is 1. The van der Waals surface area contributed by atoms with Crippen molar-refractivity contribution < 1.29 is 18.7 Å². The highest BCUT2D eigenvalue weighted by Crippen LogP contribution is 2.28. The SMILES string of the molecule is NCc1ccc(C(=O)Nc2ccncc2F)cc1-c1cccc(C(=O)OCC2CCCC2)c1. The van der Waals surface area contributed by atoms with Crippen molar-refractivity contribution in [3.63, 3.8) is 0 Å². The van der Waals surface area contributed by atoms with Crippen molar-refractivity contribution in [2.24, 2.45) is 11.7 Å². The van der Waals surface area contributed by atoms with Gasteiger partial charge in [0.2, 0.25) is 0 Å². The van der Waals surface area contributed by atoms with Crippen LogP contribution in [0.4, 0.5) is 10.1 Å². The van der Waals surface area contributed by atoms with Crippen molar-refractivity contribution in [2.45, 2.75) is 32.2 Å². The number of pyridine rings is 1. The molecule has 2 aromatic carbocycles. The van der Waals surface area contributed by atoms with Crippen LogP contribution >= 0.6 is 0 Å². The summed E-state index contributed by atoms with van der Waals surface area (Å²) in [6, 6.07) is 13.6. The summed E-state index contributed by atoms with van der Waals surface area (Å²) >= 11 is 0. The molecule has 0 radical (unpaired) electrons. The molecule has 1 amide bonds. The van der Waals surface area contributed by atoms with E-state index in [-0.39, 0.29) is 18.2 Å². The summed E-state index contributed by atoms with van der Waals surface area (Å²) < 4.78 is 19.4. The Morgan fingerprint density at radius 3 is 2.67 bits per heavy atom. The van der Waals surface area contributed by atoms with E-state index in [1.165, 1.54) is 25.1 Å². The van der Waals surface area contributed by atoms with E-state index in [2.05, 4.69) is 10.3 Å². The third kappa shape index (κ3) is 5.43. The van der Waals surface area contributed by atoms with Gasteiger partial charge in [-0.2, -0.15) is 0 Å². The highest BCUT2D eigenvalue weighted by molar-refractivity contribution is 6.05. The van der Waals surface area contributed by atoms with Crippen LogP contribution in [0.5, 0.6) is 0 Å². The van der Waals surface area contributed by atoms with Crippen molar-refractivity contribution in [3.05, 3.63) is 83.4 Å². The van der Waals surface area contributed by atoms with Gasteiger partial charge in [0, 0.05) is 18.3 Å². The lowest BCUT2D eigenvalue weighted by molar-refractivity contribution is 0.0442. The number of ether oxygens (including phenoxy) is 1. The summed E-state index contributed by atoms with van der Waals surface area (Å²) in [4.78, 5) is 29.0. The van der Waals surface area contributed by atoms with E-state index in [0.717, 1.165) is 35.7 Å². The van der Waals surface area contributed by atoms with Crippen LogP contribution in [0.2, 0.25) is 0 Å². The van der Waals surface area contributed by atoms with Gasteiger partial charge in [-0.05, 0) is 65.8 Å². The van der Waals surface area contributed by atoms with Gasteiger partial charge in [0.05, 0.1) is 24.1 Å². The molecule has 170 valence electrons. The van der Waals surface area contributed by atoms with Gasteiger partial charge in [-0.25, -0.2) is 9.18 Å². The van der Waals surface area contributed by atoms with Crippen LogP contribution in [-0.4, -0.2) is 23.5 Å². The molecule has 1 saturated carbocycles. The number of anilines is 1. The number of carbonyl (C=O) groups excluding carboxylic acids is 2. The van der Waals surface area contributed by atoms with Crippen molar-refractivity contribution in [1.29, 1.82) is 0 Å². The summed E-state index contributed by atoms with van der Waals surface area (Å²) in [6.45, 7) is 0.699. The first kappa shape index (κ1) is 22.6. The van der Waals surface area contributed by atoms with Crippen LogP contribution < -0.4 is 11.1 Å². The Kier molecular flexibility index (Phi) is 7.10. The predicted octanol–water partition coefficient (Wildman–Crippen LogP) is 4.95. The van der Waals surface area contributed by atoms with Gasteiger partial charge < -0.3 is 15.8 Å². The summed E-state index contributed by atoms with van der Waals surface area (Å²) in [5.41, 5.74) is 9.05. The second-order valence-electron chi connectivity index (χ2n) is 8.22. The van der Waals surface area contributed by atoms with Crippen LogP contribution in [0.1, 0.15) is 52.0 Å². The zero-order valence-electron chi connectivity index (χ0n) is 18.2. The topological polar surface area (TPSA) is 94.3 Å². The fourth-order valence-electron chi connectivity index (χ4n) is 4.10. The van der Waals surface area contributed by atoms with E-state index in [4.69, 9.17) is 10.5 Å². The quantitative estimate of drug-likeness (QED) is 0.500. The Morgan fingerprint density at radius 1 is 1.09 bits per heavy atom. The number of nitrogens with zero attached hydrogens (tertiary/aromatic N) is 1. The monoisotopic (exact) mass is 447 g/mol. The summed E-state index contributed by atoms with van der Waals surface area (Å²) in [5, 5.41) is 2.56. The molecular formula is C26H26FN3O3. The molecule has 33 heavy (non-hydrogen) atoms. The molecule has 1 heterocycles. The summed E-state index contributed by atoms with van der Waals surface area (Å²) in [7, 11) is 0. The van der Waals surface area contributed by atoms with Gasteiger partial charge in [-0.1, -0.05) is 31.0 Å². The van der Waals surface area contributed by atoms with Crippen LogP contribution in [-0.2, 0) is 11.3 Å². The average Bonchev–Trinajstić information content (AvgIpc) is 3.37. The minimum Gasteiger partial charge on any atom is -0.462 e. The minimum atomic E-state index is -0.617. The molecule has 1 fully saturated rings. The molecule has 4 rings (SSSR count). The lowest BCUT2D eigenvalue weighted by atomic mass is 9.95. The highest BCUT2D eigenvalue weighted by atomic mass is 19.1. The number of nitrogens with one attached hydrogen (secondary N) is 1. The molecule has 6 nitrogen and oxygen atoms in total. The van der Waals surface area contributed by atoms with E-state index in [1.807, 2.05) is 6.07 Å². The van der Waals surface area contributed by atoms with Crippen LogP contribution in [0, 0.1) is 11.7 Å². The molecule has 7 heteroatoms. The summed E-state index contributed by atoms with van der Waals surface area (Å²) in [5.74, 6) is -0.993. The number of hydrogen-bond acceptors (Lipinski definition) is 5. The Hall–Kier alpha value is -3.58. The molecule has 0 spiro atoms. The first-order chi connectivity index (χ1) is 16.0. The fourth-order valence-corrected chi connectivity index (χ4v) is 4.10. The maximum absolute atomic E-state index is 13.9. The number of hydrogen-bond donors (Lipinski definition) is 2. The Bertz CT molecular complexity index is 1160. The number of benzene rings is 2. The second-order valence-corrected chi connectivity index (χ2v) is 8.22. The maximum atomic E-state index is 13.9. The Balaban J connectivity index is 1.56. The van der Waals surface area contributed by atoms with Gasteiger partial charge >= 0.3 is 5.97 Å². The normalized spacial score (nSPS) is 13.6. The number of rotatable bonds is 7. The Morgan fingerprint density at radius 2 is 1.91 bits per heavy atom. The van der Waals surface area contributed by atoms with Crippen LogP contribution in [0.15, 0.2) is 60.9 Å². The highest BCUT2D eigenvalue weighted by Gasteiger charge is 2.18. The largest absolute Gasteiger partial charge is 0.462 e. The van der Waals surface area contributed by atoms with E-state index in [0.29, 0.717) is 23.7 Å². The number of carbonyl (C=O) groups is 2. The minimum absolute atomic E-state index is 0.0476. The third-order valence-corrected chi connectivity index (χ3v) is 5.95. The van der Waals surface area contributed by atoms with Gasteiger partial charge in [-0.15, -0.1) is 0 Å². The van der Waals surface area contributed by atoms with Crippen molar-refractivity contribution in [2.75, 3.05) is 11.9 Å². The molecule has 3 N–H and O–H groups in total. The van der Waals surface area contributed by atoms with Gasteiger partial charge in [0.1, 0.15) is 0 Å². The molecule has 1 aromatic heterocycles. The van der Waals surface area contributed by atoms with Crippen LogP contribution in [0.3, 0.4) is 0 Å². The first-order valence-electron chi connectivity index (χ1n) is 11.1. The molecule has 3 aromatic rings. The van der Waals surface area contributed by atoms with E-state index in [1.54, 1.807) is 36.4 Å². The van der Waals surface area contributed by atoms with E-state index in [9.17, 15) is 14.0 Å². The standard InChI is InChI=1S/C26H26FN3O3/c27-23-15-29-11-10-24(23)30-25(31)19-8-9-21(14-28)22(13-19)18-6-3-7-20(12-18)26(32)33-16-17-4-1-2-5-17/h3,6-13,15,17H,1-2,4-5,14,16,28H2,(H,29,30,31). The summed E-state index contributed by atoms with van der Waals surface area (Å²) in [6.07, 6.45) is 7.03. The number of halogens is 1. The van der Waals surface area contributed by atoms with Crippen LogP contribution in [0.25, 0.3) is 11.1 Å². The molecular weight excluding hydrogens is 421 g/mol. The molecule has 1 aliphatic carbocycles. The second kappa shape index (κ2) is 10.4. The molecule has 0 aliphatic heterocycles. The third-order valence-electron chi connectivity index (χ3n) is 5.95. The Labute approximate surface area is 192 Å². The van der Waals surface area contributed by atoms with E-state index >= 15 is 0 Å². The molecule has 0 unspecified atom stereocenters. The molecule has 0 saturated heterocycles. The zero-order valence-corrected chi connectivity index (χ0v) is 18.2. The number of amides is 1. The number of aromatic nitrogens is 1. The molecule has 0 bridgehead atoms. The van der Waals surface area contributed by atoms with Crippen molar-refractivity contribution in [1.82, 2.24) is 4.98 Å². The van der Waals surface area contributed by atoms with Crippen molar-refractivity contribution >= 4 is 17.6 Å². The lowest BCUT2D eigenvalue weighted by Gasteiger charge is -2.13. The lowest BCUT2D eigenvalue weighted by Crippen LogP contribution is -2.14. The first-order valence-corrected chi connectivity index (χ1v) is 11.1.